The van der Waals surface area contributed by atoms with Crippen LogP contribution in [0.3, 0.4) is 0 Å². The monoisotopic (exact) mass is 419 g/mol. The molecule has 9 heteroatoms. The van der Waals surface area contributed by atoms with Crippen molar-refractivity contribution in [2.45, 2.75) is 24.2 Å². The fourth-order valence-electron chi connectivity index (χ4n) is 3.19. The van der Waals surface area contributed by atoms with Gasteiger partial charge in [0.2, 0.25) is 15.9 Å². The van der Waals surface area contributed by atoms with Gasteiger partial charge >= 0.3 is 0 Å². The molecule has 0 spiro atoms. The predicted octanol–water partition coefficient (Wildman–Crippen LogP) is 3.40. The van der Waals surface area contributed by atoms with Gasteiger partial charge in [0, 0.05) is 13.1 Å². The number of sulfonamides is 1. The molecule has 3 aromatic rings. The van der Waals surface area contributed by atoms with Gasteiger partial charge in [-0.3, -0.25) is 4.79 Å². The van der Waals surface area contributed by atoms with E-state index in [9.17, 15) is 17.6 Å². The van der Waals surface area contributed by atoms with E-state index < -0.39 is 15.8 Å². The smallest absolute Gasteiger partial charge is 0.243 e. The molecular weight excluding hydrogens is 401 g/mol. The Balaban J connectivity index is 1.52. The number of hydrogen-bond donors (Lipinski definition) is 1. The second kappa shape index (κ2) is 7.57. The summed E-state index contributed by atoms with van der Waals surface area (Å²) in [6.45, 7) is 1.09. The fraction of sp³-hybridized carbons (Fsp3) is 0.263. The van der Waals surface area contributed by atoms with E-state index in [1.54, 1.807) is 30.3 Å². The van der Waals surface area contributed by atoms with E-state index in [2.05, 4.69) is 10.3 Å². The molecule has 0 bridgehead atoms. The van der Waals surface area contributed by atoms with Gasteiger partial charge in [-0.2, -0.15) is 4.31 Å². The molecular formula is C19H18FN3O3S2. The Bertz CT molecular complexity index is 1140. The molecule has 0 atom stereocenters. The summed E-state index contributed by atoms with van der Waals surface area (Å²) in [6.07, 6.45) is 1.79. The van der Waals surface area contributed by atoms with E-state index >= 15 is 0 Å². The zero-order valence-electron chi connectivity index (χ0n) is 14.9. The average molecular weight is 420 g/mol. The number of nitrogens with zero attached hydrogens (tertiary/aromatic N) is 2. The van der Waals surface area contributed by atoms with Crippen molar-refractivity contribution in [1.29, 1.82) is 0 Å². The van der Waals surface area contributed by atoms with Crippen LogP contribution in [-0.2, 0) is 21.2 Å². The molecule has 0 aliphatic carbocycles. The number of aromatic nitrogens is 1. The number of nitrogens with one attached hydrogen (secondary N) is 1. The summed E-state index contributed by atoms with van der Waals surface area (Å²) >= 11 is 1.21. The van der Waals surface area contributed by atoms with Gasteiger partial charge in [0.15, 0.2) is 5.13 Å². The molecule has 1 aliphatic rings. The normalized spacial score (nSPS) is 15.2. The second-order valence-electron chi connectivity index (χ2n) is 6.61. The van der Waals surface area contributed by atoms with Crippen molar-refractivity contribution in [2.24, 2.45) is 0 Å². The number of carbonyl (C=O) groups excluding carboxylic acids is 1. The Morgan fingerprint density at radius 3 is 2.71 bits per heavy atom. The number of carbonyl (C=O) groups is 1. The van der Waals surface area contributed by atoms with Gasteiger partial charge in [-0.05, 0) is 48.7 Å². The zero-order valence-corrected chi connectivity index (χ0v) is 16.5. The zero-order chi connectivity index (χ0) is 19.7. The lowest BCUT2D eigenvalue weighted by Gasteiger charge is -2.15. The molecule has 6 nitrogen and oxygen atoms in total. The van der Waals surface area contributed by atoms with Crippen LogP contribution in [0.5, 0.6) is 0 Å². The minimum atomic E-state index is -3.50. The highest BCUT2D eigenvalue weighted by Gasteiger charge is 2.27. The number of fused-ring (bicyclic) bond motifs is 1. The third-order valence-electron chi connectivity index (χ3n) is 4.56. The number of benzene rings is 2. The van der Waals surface area contributed by atoms with E-state index in [0.29, 0.717) is 34.0 Å². The number of hydrogen-bond acceptors (Lipinski definition) is 5. The van der Waals surface area contributed by atoms with Crippen LogP contribution in [0.2, 0.25) is 0 Å². The Morgan fingerprint density at radius 1 is 1.18 bits per heavy atom. The average Bonchev–Trinajstić information content (AvgIpc) is 3.30. The van der Waals surface area contributed by atoms with Gasteiger partial charge in [0.05, 0.1) is 21.5 Å². The molecule has 146 valence electrons. The molecule has 1 N–H and O–H groups in total. The van der Waals surface area contributed by atoms with Gasteiger partial charge in [0.25, 0.3) is 0 Å². The number of thiazole rings is 1. The van der Waals surface area contributed by atoms with Crippen molar-refractivity contribution in [3.8, 4) is 0 Å². The molecule has 1 aliphatic heterocycles. The van der Waals surface area contributed by atoms with Crippen molar-refractivity contribution < 1.29 is 17.6 Å². The van der Waals surface area contributed by atoms with Crippen LogP contribution in [0, 0.1) is 5.82 Å². The standard InChI is InChI=1S/C19H18FN3O3S2/c20-14-5-3-4-13(10-14)11-18(24)22-19-21-16-7-6-15(12-17(16)27-19)28(25,26)23-8-1-2-9-23/h3-7,10,12H,1-2,8-9,11H2,(H,21,22,24). The van der Waals surface area contributed by atoms with Gasteiger partial charge in [-0.15, -0.1) is 0 Å². The minimum Gasteiger partial charge on any atom is -0.302 e. The second-order valence-corrected chi connectivity index (χ2v) is 9.58. The van der Waals surface area contributed by atoms with Crippen LogP contribution in [-0.4, -0.2) is 36.7 Å². The van der Waals surface area contributed by atoms with Crippen molar-refractivity contribution in [2.75, 3.05) is 18.4 Å². The maximum Gasteiger partial charge on any atom is 0.243 e. The molecule has 1 aromatic heterocycles. The summed E-state index contributed by atoms with van der Waals surface area (Å²) in [5, 5.41) is 3.08. The lowest BCUT2D eigenvalue weighted by molar-refractivity contribution is -0.115. The molecule has 1 fully saturated rings. The van der Waals surface area contributed by atoms with E-state index in [-0.39, 0.29) is 17.2 Å². The highest BCUT2D eigenvalue weighted by atomic mass is 32.2. The first-order chi connectivity index (χ1) is 13.4. The Kier molecular flexibility index (Phi) is 5.13. The van der Waals surface area contributed by atoms with Crippen LogP contribution in [0.25, 0.3) is 10.2 Å². The van der Waals surface area contributed by atoms with Crippen LogP contribution < -0.4 is 5.32 Å². The summed E-state index contributed by atoms with van der Waals surface area (Å²) in [6, 6.07) is 10.7. The van der Waals surface area contributed by atoms with Gasteiger partial charge < -0.3 is 5.32 Å². The Hall–Kier alpha value is -2.36. The lowest BCUT2D eigenvalue weighted by Crippen LogP contribution is -2.27. The first kappa shape index (κ1) is 19.0. The topological polar surface area (TPSA) is 79.4 Å². The summed E-state index contributed by atoms with van der Waals surface area (Å²) in [5.41, 5.74) is 1.18. The molecule has 0 unspecified atom stereocenters. The van der Waals surface area contributed by atoms with Crippen molar-refractivity contribution >= 4 is 42.6 Å². The summed E-state index contributed by atoms with van der Waals surface area (Å²) in [7, 11) is -3.50. The first-order valence-corrected chi connectivity index (χ1v) is 11.1. The van der Waals surface area contributed by atoms with Crippen molar-refractivity contribution in [1.82, 2.24) is 9.29 Å². The summed E-state index contributed by atoms with van der Waals surface area (Å²) in [4.78, 5) is 16.8. The molecule has 28 heavy (non-hydrogen) atoms. The van der Waals surface area contributed by atoms with Crippen LogP contribution in [0.4, 0.5) is 9.52 Å². The van der Waals surface area contributed by atoms with Crippen LogP contribution >= 0.6 is 11.3 Å². The largest absolute Gasteiger partial charge is 0.302 e. The maximum absolute atomic E-state index is 13.2. The van der Waals surface area contributed by atoms with Crippen molar-refractivity contribution in [3.05, 3.63) is 53.8 Å². The van der Waals surface area contributed by atoms with Gasteiger partial charge in [-0.25, -0.2) is 17.8 Å². The van der Waals surface area contributed by atoms with E-state index in [0.717, 1.165) is 12.8 Å². The first-order valence-electron chi connectivity index (χ1n) is 8.87. The third kappa shape index (κ3) is 3.91. The van der Waals surface area contributed by atoms with E-state index in [4.69, 9.17) is 0 Å². The Labute approximate surface area is 166 Å². The van der Waals surface area contributed by atoms with E-state index in [1.165, 1.54) is 27.8 Å². The number of anilines is 1. The lowest BCUT2D eigenvalue weighted by atomic mass is 10.1. The number of rotatable bonds is 5. The van der Waals surface area contributed by atoms with Crippen LogP contribution in [0.15, 0.2) is 47.4 Å². The minimum absolute atomic E-state index is 0.0300. The van der Waals surface area contributed by atoms with Crippen molar-refractivity contribution in [3.63, 3.8) is 0 Å². The number of halogens is 1. The predicted molar refractivity (Wildman–Crippen MR) is 106 cm³/mol. The Morgan fingerprint density at radius 2 is 1.96 bits per heavy atom. The molecule has 4 rings (SSSR count). The summed E-state index contributed by atoms with van der Waals surface area (Å²) < 4.78 is 40.8. The summed E-state index contributed by atoms with van der Waals surface area (Å²) in [5.74, 6) is -0.702. The molecule has 1 amide bonds. The molecule has 2 heterocycles. The molecule has 0 saturated carbocycles. The maximum atomic E-state index is 13.2. The molecule has 1 saturated heterocycles. The fourth-order valence-corrected chi connectivity index (χ4v) is 5.73. The molecule has 0 radical (unpaired) electrons. The SMILES string of the molecule is O=C(Cc1cccc(F)c1)Nc1nc2ccc(S(=O)(=O)N3CCCC3)cc2s1. The highest BCUT2D eigenvalue weighted by molar-refractivity contribution is 7.89. The van der Waals surface area contributed by atoms with E-state index in [1.807, 2.05) is 0 Å². The quantitative estimate of drug-likeness (QED) is 0.687. The third-order valence-corrected chi connectivity index (χ3v) is 7.39. The van der Waals surface area contributed by atoms with Gasteiger partial charge in [0.1, 0.15) is 5.82 Å². The number of amides is 1. The molecule has 2 aromatic carbocycles. The highest BCUT2D eigenvalue weighted by Crippen LogP contribution is 2.30. The van der Waals surface area contributed by atoms with Gasteiger partial charge in [-0.1, -0.05) is 23.5 Å². The van der Waals surface area contributed by atoms with Crippen LogP contribution in [0.1, 0.15) is 18.4 Å².